The van der Waals surface area contributed by atoms with Gasteiger partial charge in [-0.3, -0.25) is 4.90 Å². The minimum atomic E-state index is 0.444. The van der Waals surface area contributed by atoms with Gasteiger partial charge in [-0.25, -0.2) is 0 Å². The molecule has 1 aromatic heterocycles. The van der Waals surface area contributed by atoms with Crippen LogP contribution in [0.3, 0.4) is 0 Å². The lowest BCUT2D eigenvalue weighted by Gasteiger charge is -2.29. The molecule has 1 aliphatic rings. The number of likely N-dealkylation sites (tertiary alicyclic amines) is 1. The molecule has 2 atom stereocenters. The van der Waals surface area contributed by atoms with Crippen LogP contribution in [-0.2, 0) is 0 Å². The quantitative estimate of drug-likeness (QED) is 0.884. The molecule has 19 heavy (non-hydrogen) atoms. The lowest BCUT2D eigenvalue weighted by Crippen LogP contribution is -2.34. The van der Waals surface area contributed by atoms with Crippen molar-refractivity contribution in [1.29, 1.82) is 0 Å². The van der Waals surface area contributed by atoms with Crippen molar-refractivity contribution in [2.24, 2.45) is 11.7 Å². The molecular weight excluding hydrogens is 252 g/mol. The van der Waals surface area contributed by atoms with Crippen LogP contribution in [0.25, 0.3) is 0 Å². The Kier molecular flexibility index (Phi) is 5.86. The van der Waals surface area contributed by atoms with Crippen molar-refractivity contribution in [3.8, 4) is 0 Å². The third kappa shape index (κ3) is 4.04. The molecule has 0 bridgehead atoms. The normalized spacial score (nSPS) is 23.2. The van der Waals surface area contributed by atoms with E-state index in [0.29, 0.717) is 6.04 Å². The van der Waals surface area contributed by atoms with Gasteiger partial charge in [0.25, 0.3) is 0 Å². The highest BCUT2D eigenvalue weighted by atomic mass is 32.1. The Morgan fingerprint density at radius 3 is 2.84 bits per heavy atom. The van der Waals surface area contributed by atoms with Gasteiger partial charge in [0, 0.05) is 16.3 Å². The summed E-state index contributed by atoms with van der Waals surface area (Å²) in [4.78, 5) is 5.47. The Hall–Kier alpha value is -0.380. The second kappa shape index (κ2) is 7.41. The van der Waals surface area contributed by atoms with E-state index in [-0.39, 0.29) is 0 Å². The number of nitrogens with zero attached hydrogens (tertiary/aromatic N) is 1. The van der Waals surface area contributed by atoms with Crippen molar-refractivity contribution >= 4 is 11.3 Å². The molecule has 3 heteroatoms. The predicted molar refractivity (Wildman–Crippen MR) is 84.7 cm³/mol. The fraction of sp³-hybridized carbons (Fsp3) is 0.750. The van der Waals surface area contributed by atoms with Crippen LogP contribution in [-0.4, -0.2) is 24.5 Å². The average Bonchev–Trinajstić information content (AvgIpc) is 2.69. The third-order valence-electron chi connectivity index (χ3n) is 4.33. The van der Waals surface area contributed by atoms with Crippen molar-refractivity contribution in [3.63, 3.8) is 0 Å². The molecule has 2 rings (SSSR count). The van der Waals surface area contributed by atoms with E-state index in [0.717, 1.165) is 12.5 Å². The first kappa shape index (κ1) is 15.0. The fourth-order valence-electron chi connectivity index (χ4n) is 3.27. The van der Waals surface area contributed by atoms with Crippen LogP contribution in [0.2, 0.25) is 0 Å². The summed E-state index contributed by atoms with van der Waals surface area (Å²) in [5.41, 5.74) is 6.05. The largest absolute Gasteiger partial charge is 0.329 e. The third-order valence-corrected chi connectivity index (χ3v) is 5.43. The molecule has 1 aromatic rings. The zero-order valence-corrected chi connectivity index (χ0v) is 13.2. The van der Waals surface area contributed by atoms with E-state index in [1.54, 1.807) is 0 Å². The van der Waals surface area contributed by atoms with Crippen molar-refractivity contribution in [2.75, 3.05) is 19.6 Å². The van der Waals surface area contributed by atoms with Crippen molar-refractivity contribution in [1.82, 2.24) is 4.90 Å². The summed E-state index contributed by atoms with van der Waals surface area (Å²) in [7, 11) is 0. The van der Waals surface area contributed by atoms with Gasteiger partial charge in [0.05, 0.1) is 6.04 Å². The summed E-state index contributed by atoms with van der Waals surface area (Å²) >= 11 is 1.91. The summed E-state index contributed by atoms with van der Waals surface area (Å²) in [6.45, 7) is 7.68. The standard InChI is InChI=1S/C16H28N2S/c1-3-5-14-6-4-10-18(11-9-14)15(12-17)16-8-7-13(2)19-16/h7-8,14-15H,3-6,9-12,17H2,1-2H3. The number of thiophene rings is 1. The van der Waals surface area contributed by atoms with Gasteiger partial charge >= 0.3 is 0 Å². The number of aryl methyl sites for hydroxylation is 1. The summed E-state index contributed by atoms with van der Waals surface area (Å²) in [6.07, 6.45) is 6.83. The van der Waals surface area contributed by atoms with Crippen molar-refractivity contribution in [2.45, 2.75) is 52.0 Å². The molecule has 0 spiro atoms. The molecule has 1 saturated heterocycles. The molecule has 0 saturated carbocycles. The highest BCUT2D eigenvalue weighted by molar-refractivity contribution is 7.12. The van der Waals surface area contributed by atoms with Gasteiger partial charge < -0.3 is 5.73 Å². The molecular formula is C16H28N2S. The SMILES string of the molecule is CCCC1CCCN(C(CN)c2ccc(C)s2)CC1. The van der Waals surface area contributed by atoms with E-state index < -0.39 is 0 Å². The molecule has 2 unspecified atom stereocenters. The Balaban J connectivity index is 1.99. The summed E-state index contributed by atoms with van der Waals surface area (Å²) in [5.74, 6) is 0.943. The van der Waals surface area contributed by atoms with Crippen LogP contribution in [0.1, 0.15) is 54.8 Å². The topological polar surface area (TPSA) is 29.3 Å². The monoisotopic (exact) mass is 280 g/mol. The molecule has 0 aliphatic carbocycles. The maximum absolute atomic E-state index is 6.05. The first-order valence-electron chi connectivity index (χ1n) is 7.75. The van der Waals surface area contributed by atoms with Crippen LogP contribution in [0.4, 0.5) is 0 Å². The van der Waals surface area contributed by atoms with E-state index in [4.69, 9.17) is 5.73 Å². The molecule has 2 nitrogen and oxygen atoms in total. The first-order valence-corrected chi connectivity index (χ1v) is 8.56. The molecule has 108 valence electrons. The number of nitrogens with two attached hydrogens (primary N) is 1. The van der Waals surface area contributed by atoms with Crippen LogP contribution < -0.4 is 5.73 Å². The minimum Gasteiger partial charge on any atom is -0.329 e. The first-order chi connectivity index (χ1) is 9.24. The number of rotatable bonds is 5. The van der Waals surface area contributed by atoms with E-state index in [1.807, 2.05) is 11.3 Å². The maximum Gasteiger partial charge on any atom is 0.0564 e. The minimum absolute atomic E-state index is 0.444. The molecule has 1 fully saturated rings. The van der Waals surface area contributed by atoms with Crippen LogP contribution in [0, 0.1) is 12.8 Å². The van der Waals surface area contributed by atoms with Gasteiger partial charge in [0.15, 0.2) is 0 Å². The molecule has 1 aliphatic heterocycles. The lowest BCUT2D eigenvalue weighted by molar-refractivity contribution is 0.209. The van der Waals surface area contributed by atoms with E-state index in [2.05, 4.69) is 30.9 Å². The lowest BCUT2D eigenvalue weighted by atomic mass is 9.96. The molecule has 2 N–H and O–H groups in total. The zero-order chi connectivity index (χ0) is 13.7. The van der Waals surface area contributed by atoms with Gasteiger partial charge in [-0.15, -0.1) is 11.3 Å². The van der Waals surface area contributed by atoms with E-state index in [1.165, 1.54) is 54.9 Å². The number of hydrogen-bond acceptors (Lipinski definition) is 3. The Bertz CT molecular complexity index is 375. The summed E-state index contributed by atoms with van der Waals surface area (Å²) in [6, 6.07) is 4.94. The van der Waals surface area contributed by atoms with Crippen molar-refractivity contribution < 1.29 is 0 Å². The summed E-state index contributed by atoms with van der Waals surface area (Å²) in [5, 5.41) is 0. The fourth-order valence-corrected chi connectivity index (χ4v) is 4.30. The van der Waals surface area contributed by atoms with E-state index >= 15 is 0 Å². The second-order valence-electron chi connectivity index (χ2n) is 5.82. The van der Waals surface area contributed by atoms with Crippen LogP contribution in [0.15, 0.2) is 12.1 Å². The Morgan fingerprint density at radius 2 is 2.21 bits per heavy atom. The van der Waals surface area contributed by atoms with E-state index in [9.17, 15) is 0 Å². The highest BCUT2D eigenvalue weighted by Gasteiger charge is 2.23. The average molecular weight is 280 g/mol. The second-order valence-corrected chi connectivity index (χ2v) is 7.14. The smallest absolute Gasteiger partial charge is 0.0564 e. The maximum atomic E-state index is 6.05. The van der Waals surface area contributed by atoms with Gasteiger partial charge in [-0.2, -0.15) is 0 Å². The number of hydrogen-bond donors (Lipinski definition) is 1. The van der Waals surface area contributed by atoms with Crippen LogP contribution >= 0.6 is 11.3 Å². The molecule has 0 radical (unpaired) electrons. The Labute approximate surface area is 122 Å². The van der Waals surface area contributed by atoms with Crippen molar-refractivity contribution in [3.05, 3.63) is 21.9 Å². The predicted octanol–water partition coefficient (Wildman–Crippen LogP) is 3.96. The summed E-state index contributed by atoms with van der Waals surface area (Å²) < 4.78 is 0. The molecule has 2 heterocycles. The van der Waals surface area contributed by atoms with Gasteiger partial charge in [-0.1, -0.05) is 19.8 Å². The molecule has 0 aromatic carbocycles. The van der Waals surface area contributed by atoms with Crippen LogP contribution in [0.5, 0.6) is 0 Å². The van der Waals surface area contributed by atoms with Gasteiger partial charge in [-0.05, 0) is 57.3 Å². The molecule has 0 amide bonds. The zero-order valence-electron chi connectivity index (χ0n) is 12.4. The van der Waals surface area contributed by atoms with Gasteiger partial charge in [0.1, 0.15) is 0 Å². The Morgan fingerprint density at radius 1 is 1.37 bits per heavy atom. The van der Waals surface area contributed by atoms with Gasteiger partial charge in [0.2, 0.25) is 0 Å². The highest BCUT2D eigenvalue weighted by Crippen LogP contribution is 2.30.